The maximum absolute atomic E-state index is 5.82. The Balaban J connectivity index is 1.49. The first-order valence-corrected chi connectivity index (χ1v) is 8.12. The van der Waals surface area contributed by atoms with E-state index in [9.17, 15) is 0 Å². The van der Waals surface area contributed by atoms with Gasteiger partial charge in [-0.25, -0.2) is 9.97 Å². The topological polar surface area (TPSA) is 51.1 Å². The first kappa shape index (κ1) is 14.3. The number of nitrogens with zero attached hydrogens (tertiary/aromatic N) is 4. The maximum Gasteiger partial charge on any atom is 0.235 e. The van der Waals surface area contributed by atoms with Crippen LogP contribution in [0.3, 0.4) is 0 Å². The van der Waals surface area contributed by atoms with Crippen LogP contribution in [0.25, 0.3) is 0 Å². The van der Waals surface area contributed by atoms with Gasteiger partial charge >= 0.3 is 0 Å². The Hall–Kier alpha value is -1.69. The molecule has 1 fully saturated rings. The fraction of sp³-hybridized carbons (Fsp3) is 0.533. The van der Waals surface area contributed by atoms with Crippen LogP contribution in [0.2, 0.25) is 0 Å². The molecule has 0 aliphatic carbocycles. The summed E-state index contributed by atoms with van der Waals surface area (Å²) in [5, 5.41) is 1.15. The zero-order chi connectivity index (χ0) is 14.7. The molecule has 5 nitrogen and oxygen atoms in total. The van der Waals surface area contributed by atoms with Gasteiger partial charge in [0.25, 0.3) is 0 Å². The van der Waals surface area contributed by atoms with Gasteiger partial charge in [-0.05, 0) is 32.6 Å². The molecular weight excluding hydrogens is 284 g/mol. The normalized spacial score (nSPS) is 16.2. The fourth-order valence-electron chi connectivity index (χ4n) is 2.51. The number of aromatic nitrogens is 3. The summed E-state index contributed by atoms with van der Waals surface area (Å²) in [6.45, 7) is 6.87. The molecule has 2 aromatic heterocycles. The molecule has 0 bridgehead atoms. The Morgan fingerprint density at radius 2 is 1.95 bits per heavy atom. The summed E-state index contributed by atoms with van der Waals surface area (Å²) < 4.78 is 5.82. The molecule has 0 unspecified atom stereocenters. The number of hydrogen-bond donors (Lipinski definition) is 0. The van der Waals surface area contributed by atoms with Gasteiger partial charge < -0.3 is 9.64 Å². The number of rotatable bonds is 4. The molecule has 1 saturated heterocycles. The predicted molar refractivity (Wildman–Crippen MR) is 84.1 cm³/mol. The van der Waals surface area contributed by atoms with Gasteiger partial charge in [-0.1, -0.05) is 0 Å². The molecule has 0 saturated carbocycles. The number of aryl methyl sites for hydroxylation is 2. The van der Waals surface area contributed by atoms with Crippen molar-refractivity contribution < 1.29 is 4.74 Å². The number of piperidine rings is 1. The lowest BCUT2D eigenvalue weighted by Crippen LogP contribution is -2.35. The molecule has 0 radical (unpaired) electrons. The van der Waals surface area contributed by atoms with Gasteiger partial charge in [0.15, 0.2) is 5.13 Å². The highest BCUT2D eigenvalue weighted by atomic mass is 32.1. The van der Waals surface area contributed by atoms with Crippen molar-refractivity contribution in [2.75, 3.05) is 24.6 Å². The van der Waals surface area contributed by atoms with E-state index in [0.717, 1.165) is 43.4 Å². The molecule has 21 heavy (non-hydrogen) atoms. The minimum Gasteiger partial charge on any atom is -0.476 e. The molecule has 112 valence electrons. The monoisotopic (exact) mass is 304 g/mol. The van der Waals surface area contributed by atoms with Gasteiger partial charge in [0.05, 0.1) is 12.3 Å². The Morgan fingerprint density at radius 1 is 1.19 bits per heavy atom. The molecule has 0 aromatic carbocycles. The quantitative estimate of drug-likeness (QED) is 0.869. The molecular formula is C15H20N4OS. The maximum atomic E-state index is 5.82. The summed E-state index contributed by atoms with van der Waals surface area (Å²) in [6, 6.07) is 0. The molecule has 1 aliphatic rings. The molecule has 0 amide bonds. The van der Waals surface area contributed by atoms with E-state index in [-0.39, 0.29) is 0 Å². The summed E-state index contributed by atoms with van der Waals surface area (Å²) in [5.41, 5.74) is 0.855. The second-order valence-corrected chi connectivity index (χ2v) is 6.66. The van der Waals surface area contributed by atoms with Crippen molar-refractivity contribution in [1.82, 2.24) is 15.0 Å². The van der Waals surface area contributed by atoms with Gasteiger partial charge in [-0.3, -0.25) is 4.98 Å². The van der Waals surface area contributed by atoms with Gasteiger partial charge in [-0.2, -0.15) is 0 Å². The third-order valence-electron chi connectivity index (χ3n) is 3.79. The molecule has 1 aliphatic heterocycles. The van der Waals surface area contributed by atoms with Gasteiger partial charge in [0.1, 0.15) is 0 Å². The third-order valence-corrected chi connectivity index (χ3v) is 4.76. The first-order chi connectivity index (χ1) is 10.2. The van der Waals surface area contributed by atoms with Crippen LogP contribution in [0.4, 0.5) is 5.13 Å². The molecule has 3 heterocycles. The fourth-order valence-corrected chi connectivity index (χ4v) is 3.32. The van der Waals surface area contributed by atoms with Crippen LogP contribution in [0, 0.1) is 19.8 Å². The lowest BCUT2D eigenvalue weighted by Gasteiger charge is -2.31. The zero-order valence-electron chi connectivity index (χ0n) is 12.5. The standard InChI is InChI=1S/C15H20N4OS/c1-11-9-18-15(21-11)19-7-3-13(4-8-19)10-20-14-12(2)16-5-6-17-14/h5-6,9,13H,3-4,7-8,10H2,1-2H3. The van der Waals surface area contributed by atoms with E-state index >= 15 is 0 Å². The van der Waals surface area contributed by atoms with Crippen molar-refractivity contribution in [3.63, 3.8) is 0 Å². The minimum absolute atomic E-state index is 0.587. The Morgan fingerprint density at radius 3 is 2.62 bits per heavy atom. The van der Waals surface area contributed by atoms with Crippen LogP contribution in [-0.2, 0) is 0 Å². The second-order valence-electron chi connectivity index (χ2n) is 5.44. The summed E-state index contributed by atoms with van der Waals surface area (Å²) in [4.78, 5) is 16.5. The average Bonchev–Trinajstić information content (AvgIpc) is 2.94. The van der Waals surface area contributed by atoms with Crippen LogP contribution >= 0.6 is 11.3 Å². The molecule has 0 spiro atoms. The van der Waals surface area contributed by atoms with E-state index in [4.69, 9.17) is 4.74 Å². The summed E-state index contributed by atoms with van der Waals surface area (Å²) in [7, 11) is 0. The van der Waals surface area contributed by atoms with Crippen molar-refractivity contribution in [1.29, 1.82) is 0 Å². The van der Waals surface area contributed by atoms with Crippen molar-refractivity contribution >= 4 is 16.5 Å². The van der Waals surface area contributed by atoms with Crippen molar-refractivity contribution in [2.24, 2.45) is 5.92 Å². The zero-order valence-corrected chi connectivity index (χ0v) is 13.3. The van der Waals surface area contributed by atoms with Crippen molar-refractivity contribution in [3.8, 4) is 5.88 Å². The van der Waals surface area contributed by atoms with E-state index in [1.807, 2.05) is 13.1 Å². The Kier molecular flexibility index (Phi) is 4.34. The predicted octanol–water partition coefficient (Wildman–Crippen LogP) is 2.85. The molecule has 0 N–H and O–H groups in total. The molecule has 2 aromatic rings. The molecule has 3 rings (SSSR count). The summed E-state index contributed by atoms with van der Waals surface area (Å²) in [5.74, 6) is 1.25. The average molecular weight is 304 g/mol. The number of anilines is 1. The third kappa shape index (κ3) is 3.50. The lowest BCUT2D eigenvalue weighted by atomic mass is 9.98. The smallest absolute Gasteiger partial charge is 0.235 e. The van der Waals surface area contributed by atoms with Gasteiger partial charge in [0, 0.05) is 36.6 Å². The molecule has 0 atom stereocenters. The van der Waals surface area contributed by atoms with Crippen molar-refractivity contribution in [3.05, 3.63) is 29.2 Å². The number of ether oxygens (including phenoxy) is 1. The largest absolute Gasteiger partial charge is 0.476 e. The Labute approximate surface area is 129 Å². The van der Waals surface area contributed by atoms with Crippen LogP contribution in [0.1, 0.15) is 23.4 Å². The number of hydrogen-bond acceptors (Lipinski definition) is 6. The van der Waals surface area contributed by atoms with Crippen LogP contribution < -0.4 is 9.64 Å². The van der Waals surface area contributed by atoms with Gasteiger partial charge in [-0.15, -0.1) is 11.3 Å². The van der Waals surface area contributed by atoms with E-state index in [2.05, 4.69) is 26.8 Å². The minimum atomic E-state index is 0.587. The number of thiazole rings is 1. The Bertz CT molecular complexity index is 593. The summed E-state index contributed by atoms with van der Waals surface area (Å²) >= 11 is 1.77. The van der Waals surface area contributed by atoms with E-state index in [0.29, 0.717) is 11.8 Å². The van der Waals surface area contributed by atoms with E-state index in [1.165, 1.54) is 4.88 Å². The highest BCUT2D eigenvalue weighted by molar-refractivity contribution is 7.15. The van der Waals surface area contributed by atoms with Crippen LogP contribution in [0.15, 0.2) is 18.6 Å². The summed E-state index contributed by atoms with van der Waals surface area (Å²) in [6.07, 6.45) is 7.59. The van der Waals surface area contributed by atoms with Crippen LogP contribution in [0.5, 0.6) is 5.88 Å². The second kappa shape index (κ2) is 6.39. The van der Waals surface area contributed by atoms with Crippen LogP contribution in [-0.4, -0.2) is 34.6 Å². The van der Waals surface area contributed by atoms with Gasteiger partial charge in [0.2, 0.25) is 5.88 Å². The highest BCUT2D eigenvalue weighted by Crippen LogP contribution is 2.27. The van der Waals surface area contributed by atoms with E-state index < -0.39 is 0 Å². The molecule has 6 heteroatoms. The highest BCUT2D eigenvalue weighted by Gasteiger charge is 2.21. The van der Waals surface area contributed by atoms with E-state index in [1.54, 1.807) is 23.7 Å². The SMILES string of the molecule is Cc1cnc(N2CCC(COc3nccnc3C)CC2)s1. The lowest BCUT2D eigenvalue weighted by molar-refractivity contribution is 0.214. The van der Waals surface area contributed by atoms with Crippen molar-refractivity contribution in [2.45, 2.75) is 26.7 Å². The first-order valence-electron chi connectivity index (χ1n) is 7.30.